The van der Waals surface area contributed by atoms with Gasteiger partial charge in [0.15, 0.2) is 0 Å². The van der Waals surface area contributed by atoms with E-state index in [1.807, 2.05) is 0 Å². The molecule has 0 radical (unpaired) electrons. The maximum atomic E-state index is 13.4. The average molecular weight is 306 g/mol. The Balaban J connectivity index is 2.31. The molecule has 7 heteroatoms. The highest BCUT2D eigenvalue weighted by atomic mass is 32.1. The van der Waals surface area contributed by atoms with Crippen molar-refractivity contribution in [1.82, 2.24) is 0 Å². The van der Waals surface area contributed by atoms with Crippen LogP contribution in [0.4, 0.5) is 17.6 Å². The summed E-state index contributed by atoms with van der Waals surface area (Å²) in [6.45, 7) is 0. The zero-order chi connectivity index (χ0) is 14.9. The monoisotopic (exact) mass is 306 g/mol. The minimum absolute atomic E-state index is 0.0556. The van der Waals surface area contributed by atoms with Gasteiger partial charge in [-0.1, -0.05) is 6.07 Å². The highest BCUT2D eigenvalue weighted by Gasteiger charge is 2.34. The van der Waals surface area contributed by atoms with Gasteiger partial charge >= 0.3 is 6.18 Å². The lowest BCUT2D eigenvalue weighted by atomic mass is 10.0. The van der Waals surface area contributed by atoms with Crippen molar-refractivity contribution in [3.8, 4) is 5.75 Å². The van der Waals surface area contributed by atoms with Crippen LogP contribution in [0.15, 0.2) is 29.6 Å². The molecule has 20 heavy (non-hydrogen) atoms. The van der Waals surface area contributed by atoms with Crippen molar-refractivity contribution in [1.29, 1.82) is 0 Å². The third-order valence-electron chi connectivity index (χ3n) is 2.72. The maximum absolute atomic E-state index is 13.4. The number of aliphatic hydroxyl groups excluding tert-OH is 1. The first-order valence-electron chi connectivity index (χ1n) is 5.50. The predicted octanol–water partition coefficient (Wildman–Crippen LogP) is 4.00. The van der Waals surface area contributed by atoms with Gasteiger partial charge < -0.3 is 9.84 Å². The Labute approximate surface area is 116 Å². The van der Waals surface area contributed by atoms with E-state index in [-0.39, 0.29) is 5.56 Å². The lowest BCUT2D eigenvalue weighted by molar-refractivity contribution is -0.140. The fraction of sp³-hybridized carbons (Fsp3) is 0.231. The Morgan fingerprint density at radius 1 is 1.25 bits per heavy atom. The van der Waals surface area contributed by atoms with Crippen LogP contribution in [0.3, 0.4) is 0 Å². The van der Waals surface area contributed by atoms with Gasteiger partial charge in [-0.05, 0) is 23.8 Å². The van der Waals surface area contributed by atoms with Gasteiger partial charge in [0, 0.05) is 10.3 Å². The number of hydrogen-bond donors (Lipinski definition) is 1. The molecule has 1 heterocycles. The van der Waals surface area contributed by atoms with Gasteiger partial charge in [-0.25, -0.2) is 4.39 Å². The molecular formula is C13H10F4O2S. The van der Waals surface area contributed by atoms with Crippen LogP contribution >= 0.6 is 11.3 Å². The molecule has 1 N–H and O–H groups in total. The minimum atomic E-state index is -4.75. The summed E-state index contributed by atoms with van der Waals surface area (Å²) in [5.41, 5.74) is -1.29. The van der Waals surface area contributed by atoms with E-state index in [1.165, 1.54) is 18.4 Å². The van der Waals surface area contributed by atoms with E-state index in [1.54, 1.807) is 11.4 Å². The summed E-state index contributed by atoms with van der Waals surface area (Å²) in [5, 5.41) is 11.7. The highest BCUT2D eigenvalue weighted by Crippen LogP contribution is 2.35. The standard InChI is InChI=1S/C13H10F4O2S/c1-19-8-5-11(20-6-8)12(18)7-2-3-9(10(14)4-7)13(15,16)17/h2-6,12,18H,1H3. The molecule has 0 spiro atoms. The van der Waals surface area contributed by atoms with Gasteiger partial charge in [0.2, 0.25) is 0 Å². The second-order valence-corrected chi connectivity index (χ2v) is 4.97. The quantitative estimate of drug-likeness (QED) is 0.869. The van der Waals surface area contributed by atoms with E-state index in [4.69, 9.17) is 4.74 Å². The van der Waals surface area contributed by atoms with Gasteiger partial charge in [0.05, 0.1) is 12.7 Å². The van der Waals surface area contributed by atoms with E-state index in [9.17, 15) is 22.7 Å². The van der Waals surface area contributed by atoms with E-state index in [0.717, 1.165) is 6.07 Å². The molecule has 1 unspecified atom stereocenters. The number of benzene rings is 1. The van der Waals surface area contributed by atoms with Gasteiger partial charge in [0.1, 0.15) is 17.7 Å². The number of alkyl halides is 3. The van der Waals surface area contributed by atoms with Crippen LogP contribution in [-0.2, 0) is 6.18 Å². The molecule has 2 aromatic rings. The normalized spacial score (nSPS) is 13.3. The highest BCUT2D eigenvalue weighted by molar-refractivity contribution is 7.10. The summed E-state index contributed by atoms with van der Waals surface area (Å²) in [4.78, 5) is 0.459. The molecular weight excluding hydrogens is 296 g/mol. The third kappa shape index (κ3) is 2.94. The van der Waals surface area contributed by atoms with Crippen molar-refractivity contribution >= 4 is 11.3 Å². The zero-order valence-electron chi connectivity index (χ0n) is 10.2. The first-order chi connectivity index (χ1) is 9.32. The molecule has 0 saturated heterocycles. The van der Waals surface area contributed by atoms with Gasteiger partial charge in [-0.3, -0.25) is 0 Å². The van der Waals surface area contributed by atoms with E-state index < -0.39 is 23.7 Å². The lowest BCUT2D eigenvalue weighted by Crippen LogP contribution is -2.09. The van der Waals surface area contributed by atoms with Crippen molar-refractivity contribution in [3.63, 3.8) is 0 Å². The first-order valence-corrected chi connectivity index (χ1v) is 6.38. The number of halogens is 4. The molecule has 0 saturated carbocycles. The van der Waals surface area contributed by atoms with Crippen molar-refractivity contribution < 1.29 is 27.4 Å². The maximum Gasteiger partial charge on any atom is 0.419 e. The zero-order valence-corrected chi connectivity index (χ0v) is 11.1. The molecule has 2 rings (SSSR count). The number of hydrogen-bond acceptors (Lipinski definition) is 3. The second-order valence-electron chi connectivity index (χ2n) is 4.03. The van der Waals surface area contributed by atoms with Gasteiger partial charge in [-0.15, -0.1) is 11.3 Å². The first kappa shape index (κ1) is 14.8. The number of rotatable bonds is 3. The summed E-state index contributed by atoms with van der Waals surface area (Å²) >= 11 is 1.17. The molecule has 1 aromatic heterocycles. The molecule has 0 amide bonds. The Hall–Kier alpha value is -1.60. The van der Waals surface area contributed by atoms with E-state index >= 15 is 0 Å². The van der Waals surface area contributed by atoms with Crippen LogP contribution in [0.5, 0.6) is 5.75 Å². The molecule has 0 bridgehead atoms. The van der Waals surface area contributed by atoms with E-state index in [2.05, 4.69) is 0 Å². The minimum Gasteiger partial charge on any atom is -0.496 e. The van der Waals surface area contributed by atoms with Crippen LogP contribution in [0, 0.1) is 5.82 Å². The Kier molecular flexibility index (Phi) is 4.01. The topological polar surface area (TPSA) is 29.5 Å². The Morgan fingerprint density at radius 3 is 2.45 bits per heavy atom. The SMILES string of the molecule is COc1csc(C(O)c2ccc(C(F)(F)F)c(F)c2)c1. The Bertz CT molecular complexity index is 607. The molecule has 0 aliphatic carbocycles. The number of aliphatic hydroxyl groups is 1. The fourth-order valence-electron chi connectivity index (χ4n) is 1.68. The molecule has 1 atom stereocenters. The molecule has 0 fully saturated rings. The number of ether oxygens (including phenoxy) is 1. The average Bonchev–Trinajstić information content (AvgIpc) is 2.85. The van der Waals surface area contributed by atoms with Crippen LogP contribution in [-0.4, -0.2) is 12.2 Å². The van der Waals surface area contributed by atoms with Crippen LogP contribution in [0.1, 0.15) is 22.1 Å². The molecule has 108 valence electrons. The van der Waals surface area contributed by atoms with Gasteiger partial charge in [0.25, 0.3) is 0 Å². The van der Waals surface area contributed by atoms with Crippen LogP contribution in [0.2, 0.25) is 0 Å². The van der Waals surface area contributed by atoms with Crippen molar-refractivity contribution in [2.75, 3.05) is 7.11 Å². The third-order valence-corrected chi connectivity index (χ3v) is 3.68. The van der Waals surface area contributed by atoms with E-state index in [0.29, 0.717) is 22.8 Å². The second kappa shape index (κ2) is 5.41. The largest absolute Gasteiger partial charge is 0.496 e. The van der Waals surface area contributed by atoms with Crippen LogP contribution in [0.25, 0.3) is 0 Å². The van der Waals surface area contributed by atoms with Crippen LogP contribution < -0.4 is 4.74 Å². The van der Waals surface area contributed by atoms with Crippen molar-refractivity contribution in [2.24, 2.45) is 0 Å². The summed E-state index contributed by atoms with van der Waals surface area (Å²) in [6.07, 6.45) is -5.94. The predicted molar refractivity (Wildman–Crippen MR) is 66.3 cm³/mol. The summed E-state index contributed by atoms with van der Waals surface area (Å²) in [5.74, 6) is -0.881. The molecule has 0 aliphatic rings. The summed E-state index contributed by atoms with van der Waals surface area (Å²) < 4.78 is 55.7. The van der Waals surface area contributed by atoms with Gasteiger partial charge in [-0.2, -0.15) is 13.2 Å². The number of methoxy groups -OCH3 is 1. The number of thiophene rings is 1. The molecule has 2 nitrogen and oxygen atoms in total. The summed E-state index contributed by atoms with van der Waals surface area (Å²) in [7, 11) is 1.45. The van der Waals surface area contributed by atoms with Crippen molar-refractivity contribution in [3.05, 3.63) is 51.5 Å². The van der Waals surface area contributed by atoms with Crippen molar-refractivity contribution in [2.45, 2.75) is 12.3 Å². The molecule has 1 aromatic carbocycles. The smallest absolute Gasteiger partial charge is 0.419 e. The summed E-state index contributed by atoms with van der Waals surface area (Å²) in [6, 6.07) is 3.92. The lowest BCUT2D eigenvalue weighted by Gasteiger charge is -2.12. The molecule has 0 aliphatic heterocycles. The fourth-order valence-corrected chi connectivity index (χ4v) is 2.55. The Morgan fingerprint density at radius 2 is 1.95 bits per heavy atom.